The van der Waals surface area contributed by atoms with Crippen LogP contribution in [0.1, 0.15) is 45.1 Å². The molecule has 6 heteroatoms. The monoisotopic (exact) mass is 371 g/mol. The highest BCUT2D eigenvalue weighted by Crippen LogP contribution is 2.49. The van der Waals surface area contributed by atoms with E-state index in [2.05, 4.69) is 0 Å². The molecule has 1 aromatic rings. The first-order valence-electron chi connectivity index (χ1n) is 9.03. The zero-order valence-electron chi connectivity index (χ0n) is 16.1. The van der Waals surface area contributed by atoms with Crippen molar-refractivity contribution in [2.75, 3.05) is 13.7 Å². The first-order valence-corrected chi connectivity index (χ1v) is 9.03. The van der Waals surface area contributed by atoms with E-state index in [9.17, 15) is 9.59 Å². The number of Topliss-reactive ketones (excluding diaryl/α,β-unsaturated/α-hetero) is 1. The summed E-state index contributed by atoms with van der Waals surface area (Å²) < 4.78 is 16.4. The van der Waals surface area contributed by atoms with Gasteiger partial charge in [0, 0.05) is 24.0 Å². The fraction of sp³-hybridized carbons (Fsp3) is 0.429. The summed E-state index contributed by atoms with van der Waals surface area (Å²) in [6.45, 7) is 6.36. The molecule has 2 aliphatic rings. The van der Waals surface area contributed by atoms with Crippen LogP contribution < -0.4 is 10.5 Å². The fourth-order valence-corrected chi connectivity index (χ4v) is 3.81. The molecule has 1 heterocycles. The molecule has 2 N–H and O–H groups in total. The maximum Gasteiger partial charge on any atom is 0.340 e. The van der Waals surface area contributed by atoms with Gasteiger partial charge in [-0.2, -0.15) is 0 Å². The molecule has 1 aliphatic carbocycles. The number of ether oxygens (including phenoxy) is 3. The first kappa shape index (κ1) is 19.0. The lowest BCUT2D eigenvalue weighted by Gasteiger charge is -2.38. The Kier molecular flexibility index (Phi) is 5.00. The lowest BCUT2D eigenvalue weighted by Crippen LogP contribution is -2.35. The van der Waals surface area contributed by atoms with Crippen LogP contribution in [0.25, 0.3) is 0 Å². The summed E-state index contributed by atoms with van der Waals surface area (Å²) in [5.41, 5.74) is 7.19. The van der Waals surface area contributed by atoms with Crippen molar-refractivity contribution in [2.45, 2.75) is 39.5 Å². The molecular weight excluding hydrogens is 346 g/mol. The van der Waals surface area contributed by atoms with Gasteiger partial charge in [-0.25, -0.2) is 4.79 Å². The minimum Gasteiger partial charge on any atom is -0.494 e. The third-order valence-corrected chi connectivity index (χ3v) is 4.89. The smallest absolute Gasteiger partial charge is 0.340 e. The Morgan fingerprint density at radius 3 is 2.67 bits per heavy atom. The highest BCUT2D eigenvalue weighted by atomic mass is 16.5. The van der Waals surface area contributed by atoms with Crippen LogP contribution in [0.15, 0.2) is 47.1 Å². The summed E-state index contributed by atoms with van der Waals surface area (Å²) in [6.07, 6.45) is 0.938. The Morgan fingerprint density at radius 2 is 2.00 bits per heavy atom. The van der Waals surface area contributed by atoms with Gasteiger partial charge >= 0.3 is 5.97 Å². The van der Waals surface area contributed by atoms with E-state index < -0.39 is 11.9 Å². The highest BCUT2D eigenvalue weighted by molar-refractivity contribution is 6.03. The van der Waals surface area contributed by atoms with Crippen molar-refractivity contribution in [3.8, 4) is 5.75 Å². The molecule has 6 nitrogen and oxygen atoms in total. The van der Waals surface area contributed by atoms with E-state index in [1.807, 2.05) is 45.0 Å². The Hall–Kier alpha value is -2.76. The van der Waals surface area contributed by atoms with Crippen molar-refractivity contribution in [1.29, 1.82) is 0 Å². The zero-order valence-corrected chi connectivity index (χ0v) is 16.1. The number of para-hydroxylation sites is 1. The third kappa shape index (κ3) is 3.44. The van der Waals surface area contributed by atoms with Gasteiger partial charge in [0.15, 0.2) is 5.78 Å². The van der Waals surface area contributed by atoms with Crippen molar-refractivity contribution in [3.05, 3.63) is 52.6 Å². The van der Waals surface area contributed by atoms with Gasteiger partial charge in [0.2, 0.25) is 5.88 Å². The number of carbonyl (C=O) groups is 2. The molecule has 0 fully saturated rings. The average molecular weight is 371 g/mol. The summed E-state index contributed by atoms with van der Waals surface area (Å²) in [4.78, 5) is 25.6. The number of benzene rings is 1. The molecule has 144 valence electrons. The summed E-state index contributed by atoms with van der Waals surface area (Å²) in [7, 11) is 1.28. The van der Waals surface area contributed by atoms with Crippen LogP contribution in [0.3, 0.4) is 0 Å². The molecular formula is C21H25NO5. The molecule has 0 bridgehead atoms. The Balaban J connectivity index is 2.23. The number of allylic oxidation sites excluding steroid dienone is 2. The first-order chi connectivity index (χ1) is 12.8. The minimum absolute atomic E-state index is 0.0256. The number of ketones is 1. The number of nitrogens with two attached hydrogens (primary N) is 1. The zero-order chi connectivity index (χ0) is 19.8. The number of methoxy groups -OCH3 is 1. The Labute approximate surface area is 159 Å². The van der Waals surface area contributed by atoms with E-state index in [1.165, 1.54) is 7.11 Å². The molecule has 0 saturated carbocycles. The topological polar surface area (TPSA) is 87.8 Å². The Morgan fingerprint density at radius 1 is 1.30 bits per heavy atom. The van der Waals surface area contributed by atoms with E-state index >= 15 is 0 Å². The van der Waals surface area contributed by atoms with Gasteiger partial charge in [0.25, 0.3) is 0 Å². The average Bonchev–Trinajstić information content (AvgIpc) is 2.59. The molecule has 0 amide bonds. The fourth-order valence-electron chi connectivity index (χ4n) is 3.81. The maximum absolute atomic E-state index is 13.1. The van der Waals surface area contributed by atoms with Crippen molar-refractivity contribution >= 4 is 11.8 Å². The van der Waals surface area contributed by atoms with E-state index in [0.717, 1.165) is 0 Å². The summed E-state index contributed by atoms with van der Waals surface area (Å²) in [6, 6.07) is 7.35. The predicted octanol–water partition coefficient (Wildman–Crippen LogP) is 3.19. The van der Waals surface area contributed by atoms with Crippen LogP contribution in [0.2, 0.25) is 0 Å². The summed E-state index contributed by atoms with van der Waals surface area (Å²) in [5, 5.41) is 0. The Bertz CT molecular complexity index is 850. The molecule has 0 unspecified atom stereocenters. The molecule has 3 rings (SSSR count). The van der Waals surface area contributed by atoms with Crippen molar-refractivity contribution < 1.29 is 23.8 Å². The summed E-state index contributed by atoms with van der Waals surface area (Å²) >= 11 is 0. The molecule has 0 spiro atoms. The van der Waals surface area contributed by atoms with Crippen molar-refractivity contribution in [1.82, 2.24) is 0 Å². The van der Waals surface area contributed by atoms with Crippen LogP contribution in [0.5, 0.6) is 5.75 Å². The maximum atomic E-state index is 13.1. The second-order valence-electron chi connectivity index (χ2n) is 7.55. The van der Waals surface area contributed by atoms with Crippen LogP contribution in [0.4, 0.5) is 0 Å². The molecule has 0 radical (unpaired) electrons. The van der Waals surface area contributed by atoms with Gasteiger partial charge < -0.3 is 19.9 Å². The second-order valence-corrected chi connectivity index (χ2v) is 7.55. The SMILES string of the molecule is CCOc1ccccc1[C@@H]1C(C(=O)OC)=C(N)OC2=C1C(=O)CC(C)(C)C2. The van der Waals surface area contributed by atoms with Crippen LogP contribution in [-0.2, 0) is 19.1 Å². The summed E-state index contributed by atoms with van der Waals surface area (Å²) in [5.74, 6) is -0.238. The van der Waals surface area contributed by atoms with Crippen LogP contribution in [0, 0.1) is 5.41 Å². The molecule has 1 aliphatic heterocycles. The van der Waals surface area contributed by atoms with Gasteiger partial charge in [0.1, 0.15) is 17.1 Å². The molecule has 1 atom stereocenters. The minimum atomic E-state index is -0.674. The van der Waals surface area contributed by atoms with Gasteiger partial charge in [-0.1, -0.05) is 32.0 Å². The highest BCUT2D eigenvalue weighted by Gasteiger charge is 2.45. The molecule has 0 aromatic heterocycles. The standard InChI is InChI=1S/C21H25NO5/c1-5-26-14-9-7-6-8-12(14)16-17-13(23)10-21(2,3)11-15(17)27-19(22)18(16)20(24)25-4/h6-9,16H,5,10-11,22H2,1-4H3/t16-/m0/s1. The van der Waals surface area contributed by atoms with E-state index in [0.29, 0.717) is 42.1 Å². The number of hydrogen-bond donors (Lipinski definition) is 1. The number of rotatable bonds is 4. The number of carbonyl (C=O) groups excluding carboxylic acids is 2. The molecule has 27 heavy (non-hydrogen) atoms. The van der Waals surface area contributed by atoms with E-state index in [1.54, 1.807) is 0 Å². The lowest BCUT2D eigenvalue weighted by molar-refractivity contribution is -0.136. The number of hydrogen-bond acceptors (Lipinski definition) is 6. The lowest BCUT2D eigenvalue weighted by atomic mass is 9.70. The van der Waals surface area contributed by atoms with Gasteiger partial charge in [0.05, 0.1) is 19.6 Å². The predicted molar refractivity (Wildman–Crippen MR) is 99.7 cm³/mol. The van der Waals surface area contributed by atoms with Crippen molar-refractivity contribution in [2.24, 2.45) is 11.1 Å². The van der Waals surface area contributed by atoms with Gasteiger partial charge in [-0.3, -0.25) is 4.79 Å². The van der Waals surface area contributed by atoms with Crippen molar-refractivity contribution in [3.63, 3.8) is 0 Å². The van der Waals surface area contributed by atoms with Crippen LogP contribution >= 0.6 is 0 Å². The molecule has 0 saturated heterocycles. The normalized spacial score (nSPS) is 21.5. The number of esters is 1. The quantitative estimate of drug-likeness (QED) is 0.818. The largest absolute Gasteiger partial charge is 0.494 e. The second kappa shape index (κ2) is 7.10. The van der Waals surface area contributed by atoms with Gasteiger partial charge in [-0.05, 0) is 18.4 Å². The van der Waals surface area contributed by atoms with E-state index in [-0.39, 0.29) is 22.7 Å². The van der Waals surface area contributed by atoms with Crippen LogP contribution in [-0.4, -0.2) is 25.5 Å². The van der Waals surface area contributed by atoms with Gasteiger partial charge in [-0.15, -0.1) is 0 Å². The molecule has 1 aromatic carbocycles. The van der Waals surface area contributed by atoms with E-state index in [4.69, 9.17) is 19.9 Å². The third-order valence-electron chi connectivity index (χ3n) is 4.89.